The van der Waals surface area contributed by atoms with E-state index >= 15 is 0 Å². The third-order valence-corrected chi connectivity index (χ3v) is 6.37. The SMILES string of the molecule is CC[C@H](C)n1c(S[C@@H](C)C(=O)Nc2ccccc2C(C)C)nc2ccccc2c1=O. The molecule has 1 heterocycles. The number of carbonyl (C=O) groups excluding carboxylic acids is 1. The summed E-state index contributed by atoms with van der Waals surface area (Å²) in [4.78, 5) is 30.8. The molecule has 0 aliphatic carbocycles. The van der Waals surface area contributed by atoms with Crippen molar-refractivity contribution in [3.05, 3.63) is 64.4 Å². The summed E-state index contributed by atoms with van der Waals surface area (Å²) in [6.07, 6.45) is 0.801. The van der Waals surface area contributed by atoms with E-state index in [1.165, 1.54) is 11.8 Å². The first-order chi connectivity index (χ1) is 14.3. The van der Waals surface area contributed by atoms with Gasteiger partial charge in [-0.05, 0) is 49.9 Å². The summed E-state index contributed by atoms with van der Waals surface area (Å²) in [5, 5.41) is 3.82. The van der Waals surface area contributed by atoms with Gasteiger partial charge in [0.05, 0.1) is 16.2 Å². The predicted molar refractivity (Wildman–Crippen MR) is 125 cm³/mol. The van der Waals surface area contributed by atoms with E-state index in [0.29, 0.717) is 22.0 Å². The second kappa shape index (κ2) is 9.47. The second-order valence-electron chi connectivity index (χ2n) is 7.84. The molecule has 6 heteroatoms. The number of amides is 1. The average molecular weight is 424 g/mol. The van der Waals surface area contributed by atoms with Crippen LogP contribution < -0.4 is 10.9 Å². The number of thioether (sulfide) groups is 1. The third-order valence-electron chi connectivity index (χ3n) is 5.30. The van der Waals surface area contributed by atoms with E-state index in [-0.39, 0.29) is 17.5 Å². The number of fused-ring (bicyclic) bond motifs is 1. The fraction of sp³-hybridized carbons (Fsp3) is 0.375. The molecule has 3 rings (SSSR count). The largest absolute Gasteiger partial charge is 0.325 e. The van der Waals surface area contributed by atoms with Crippen LogP contribution >= 0.6 is 11.8 Å². The van der Waals surface area contributed by atoms with Crippen LogP contribution in [0.25, 0.3) is 10.9 Å². The van der Waals surface area contributed by atoms with Gasteiger partial charge in [-0.1, -0.05) is 62.9 Å². The standard InChI is InChI=1S/C24H29N3O2S/c1-6-16(4)27-23(29)19-12-8-10-14-21(19)26-24(27)30-17(5)22(28)25-20-13-9-7-11-18(20)15(2)3/h7-17H,6H2,1-5H3,(H,25,28)/t16-,17-/m0/s1. The number of benzene rings is 2. The number of anilines is 1. The molecule has 0 aliphatic heterocycles. The van der Waals surface area contributed by atoms with Crippen molar-refractivity contribution in [2.24, 2.45) is 0 Å². The molecule has 0 bridgehead atoms. The molecule has 3 aromatic rings. The summed E-state index contributed by atoms with van der Waals surface area (Å²) in [6.45, 7) is 10.1. The van der Waals surface area contributed by atoms with Crippen LogP contribution in [0.1, 0.15) is 58.6 Å². The Morgan fingerprint density at radius 3 is 2.43 bits per heavy atom. The van der Waals surface area contributed by atoms with Crippen LogP contribution in [0, 0.1) is 0 Å². The van der Waals surface area contributed by atoms with Crippen molar-refractivity contribution >= 4 is 34.3 Å². The minimum atomic E-state index is -0.409. The Morgan fingerprint density at radius 2 is 1.73 bits per heavy atom. The van der Waals surface area contributed by atoms with E-state index in [2.05, 4.69) is 19.2 Å². The van der Waals surface area contributed by atoms with Crippen LogP contribution in [0.3, 0.4) is 0 Å². The lowest BCUT2D eigenvalue weighted by Crippen LogP contribution is -2.28. The highest BCUT2D eigenvalue weighted by atomic mass is 32.2. The van der Waals surface area contributed by atoms with E-state index in [1.807, 2.05) is 63.2 Å². The van der Waals surface area contributed by atoms with Gasteiger partial charge < -0.3 is 5.32 Å². The smallest absolute Gasteiger partial charge is 0.262 e. The van der Waals surface area contributed by atoms with Crippen molar-refractivity contribution < 1.29 is 4.79 Å². The van der Waals surface area contributed by atoms with Crippen molar-refractivity contribution in [2.75, 3.05) is 5.32 Å². The molecule has 30 heavy (non-hydrogen) atoms. The first-order valence-corrected chi connectivity index (χ1v) is 11.3. The maximum atomic E-state index is 13.1. The molecule has 0 saturated heterocycles. The van der Waals surface area contributed by atoms with Gasteiger partial charge in [0.25, 0.3) is 5.56 Å². The number of nitrogens with one attached hydrogen (secondary N) is 1. The zero-order valence-electron chi connectivity index (χ0n) is 18.2. The van der Waals surface area contributed by atoms with E-state index in [1.54, 1.807) is 10.6 Å². The van der Waals surface area contributed by atoms with E-state index in [4.69, 9.17) is 4.98 Å². The average Bonchev–Trinajstić information content (AvgIpc) is 2.73. The van der Waals surface area contributed by atoms with Gasteiger partial charge in [0.15, 0.2) is 5.16 Å². The maximum Gasteiger partial charge on any atom is 0.262 e. The van der Waals surface area contributed by atoms with E-state index in [0.717, 1.165) is 17.7 Å². The molecule has 1 aromatic heterocycles. The number of carbonyl (C=O) groups is 1. The van der Waals surface area contributed by atoms with Crippen molar-refractivity contribution in [3.8, 4) is 0 Å². The lowest BCUT2D eigenvalue weighted by molar-refractivity contribution is -0.115. The molecule has 0 unspecified atom stereocenters. The van der Waals surface area contributed by atoms with E-state index in [9.17, 15) is 9.59 Å². The Kier molecular flexibility index (Phi) is 6.98. The lowest BCUT2D eigenvalue weighted by Gasteiger charge is -2.20. The van der Waals surface area contributed by atoms with Gasteiger partial charge in [-0.2, -0.15) is 0 Å². The van der Waals surface area contributed by atoms with Gasteiger partial charge in [-0.3, -0.25) is 14.2 Å². The molecule has 0 saturated carbocycles. The summed E-state index contributed by atoms with van der Waals surface area (Å²) >= 11 is 1.32. The molecular formula is C24H29N3O2S. The van der Waals surface area contributed by atoms with Crippen molar-refractivity contribution in [3.63, 3.8) is 0 Å². The molecule has 158 valence electrons. The minimum absolute atomic E-state index is 0.00552. The fourth-order valence-electron chi connectivity index (χ4n) is 3.34. The summed E-state index contributed by atoms with van der Waals surface area (Å²) in [6, 6.07) is 15.2. The minimum Gasteiger partial charge on any atom is -0.325 e. The highest BCUT2D eigenvalue weighted by molar-refractivity contribution is 8.00. The molecule has 0 fully saturated rings. The number of hydrogen-bond acceptors (Lipinski definition) is 4. The molecule has 0 radical (unpaired) electrons. The topological polar surface area (TPSA) is 64.0 Å². The molecule has 2 aromatic carbocycles. The summed E-state index contributed by atoms with van der Waals surface area (Å²) < 4.78 is 1.72. The van der Waals surface area contributed by atoms with Crippen LogP contribution in [0.15, 0.2) is 58.5 Å². The van der Waals surface area contributed by atoms with Gasteiger partial charge in [0, 0.05) is 11.7 Å². The van der Waals surface area contributed by atoms with Crippen LogP contribution in [0.2, 0.25) is 0 Å². The zero-order chi connectivity index (χ0) is 21.8. The van der Waals surface area contributed by atoms with Gasteiger partial charge in [0.2, 0.25) is 5.91 Å². The Bertz CT molecular complexity index is 1110. The highest BCUT2D eigenvalue weighted by Crippen LogP contribution is 2.28. The van der Waals surface area contributed by atoms with Gasteiger partial charge in [0.1, 0.15) is 0 Å². The quantitative estimate of drug-likeness (QED) is 0.396. The number of hydrogen-bond donors (Lipinski definition) is 1. The van der Waals surface area contributed by atoms with Gasteiger partial charge >= 0.3 is 0 Å². The van der Waals surface area contributed by atoms with Crippen LogP contribution in [-0.4, -0.2) is 20.7 Å². The van der Waals surface area contributed by atoms with Gasteiger partial charge in [-0.25, -0.2) is 4.98 Å². The monoisotopic (exact) mass is 423 g/mol. The Labute approximate surface area is 181 Å². The lowest BCUT2D eigenvalue weighted by atomic mass is 10.0. The molecule has 1 N–H and O–H groups in total. The predicted octanol–water partition coefficient (Wildman–Crippen LogP) is 5.61. The Balaban J connectivity index is 1.92. The van der Waals surface area contributed by atoms with Crippen molar-refractivity contribution in [2.45, 2.75) is 63.4 Å². The molecule has 5 nitrogen and oxygen atoms in total. The first-order valence-electron chi connectivity index (χ1n) is 10.4. The summed E-state index contributed by atoms with van der Waals surface area (Å²) in [7, 11) is 0. The zero-order valence-corrected chi connectivity index (χ0v) is 19.0. The number of para-hydroxylation sites is 2. The summed E-state index contributed by atoms with van der Waals surface area (Å²) in [5.74, 6) is 0.202. The van der Waals surface area contributed by atoms with Crippen molar-refractivity contribution in [1.82, 2.24) is 9.55 Å². The second-order valence-corrected chi connectivity index (χ2v) is 9.14. The number of aromatic nitrogens is 2. The molecule has 2 atom stereocenters. The summed E-state index contributed by atoms with van der Waals surface area (Å²) in [5.41, 5.74) is 2.52. The van der Waals surface area contributed by atoms with Crippen LogP contribution in [0.5, 0.6) is 0 Å². The molecular weight excluding hydrogens is 394 g/mol. The normalized spacial score (nSPS) is 13.4. The van der Waals surface area contributed by atoms with Crippen LogP contribution in [0.4, 0.5) is 5.69 Å². The Hall–Kier alpha value is -2.60. The maximum absolute atomic E-state index is 13.1. The van der Waals surface area contributed by atoms with Crippen molar-refractivity contribution in [1.29, 1.82) is 0 Å². The third kappa shape index (κ3) is 4.59. The van der Waals surface area contributed by atoms with E-state index < -0.39 is 5.25 Å². The number of nitrogens with zero attached hydrogens (tertiary/aromatic N) is 2. The highest BCUT2D eigenvalue weighted by Gasteiger charge is 2.22. The number of rotatable bonds is 7. The van der Waals surface area contributed by atoms with Crippen LogP contribution in [-0.2, 0) is 4.79 Å². The molecule has 1 amide bonds. The first kappa shape index (κ1) is 22.1. The molecule has 0 aliphatic rings. The van der Waals surface area contributed by atoms with Gasteiger partial charge in [-0.15, -0.1) is 0 Å². The molecule has 0 spiro atoms. The fourth-order valence-corrected chi connectivity index (χ4v) is 4.35. The Morgan fingerprint density at radius 1 is 1.07 bits per heavy atom.